The van der Waals surface area contributed by atoms with E-state index in [0.717, 1.165) is 13.0 Å². The molecular formula is C15H22ClN3O. The van der Waals surface area contributed by atoms with Crippen LogP contribution in [0.3, 0.4) is 0 Å². The number of nitrogen functional groups attached to an aromatic ring is 1. The van der Waals surface area contributed by atoms with Crippen molar-refractivity contribution in [3.63, 3.8) is 0 Å². The first-order chi connectivity index (χ1) is 9.60. The molecule has 0 radical (unpaired) electrons. The van der Waals surface area contributed by atoms with Crippen LogP contribution < -0.4 is 11.1 Å². The van der Waals surface area contributed by atoms with Crippen LogP contribution in [0, 0.1) is 11.3 Å². The van der Waals surface area contributed by atoms with E-state index in [0.29, 0.717) is 22.7 Å². The molecule has 4 nitrogen and oxygen atoms in total. The van der Waals surface area contributed by atoms with Gasteiger partial charge in [-0.1, -0.05) is 37.8 Å². The predicted molar refractivity (Wildman–Crippen MR) is 82.6 cm³/mol. The molecule has 1 aromatic carbocycles. The smallest absolute Gasteiger partial charge is 0.101 e. The molecule has 0 aromatic heterocycles. The number of nitrogens with two attached hydrogens (primary N) is 1. The summed E-state index contributed by atoms with van der Waals surface area (Å²) in [6.07, 6.45) is 4.07. The zero-order valence-electron chi connectivity index (χ0n) is 11.8. The van der Waals surface area contributed by atoms with Gasteiger partial charge < -0.3 is 16.2 Å². The lowest BCUT2D eigenvalue weighted by molar-refractivity contribution is 0.174. The van der Waals surface area contributed by atoms with E-state index in [1.54, 1.807) is 12.1 Å². The Bertz CT molecular complexity index is 471. The Morgan fingerprint density at radius 3 is 2.80 bits per heavy atom. The number of aliphatic hydroxyl groups excluding tert-OH is 1. The fraction of sp³-hybridized carbons (Fsp3) is 0.533. The molecule has 5 heteroatoms. The molecule has 4 N–H and O–H groups in total. The molecular weight excluding hydrogens is 274 g/mol. The highest BCUT2D eigenvalue weighted by Gasteiger charge is 2.12. The minimum atomic E-state index is -0.689. The minimum Gasteiger partial charge on any atom is -0.396 e. The second-order valence-electron chi connectivity index (χ2n) is 4.86. The van der Waals surface area contributed by atoms with Crippen LogP contribution in [0.5, 0.6) is 0 Å². The largest absolute Gasteiger partial charge is 0.396 e. The average Bonchev–Trinajstić information content (AvgIpc) is 2.45. The third-order valence-electron chi connectivity index (χ3n) is 3.20. The molecule has 110 valence electrons. The lowest BCUT2D eigenvalue weighted by Crippen LogP contribution is -2.22. The minimum absolute atomic E-state index is 0.262. The highest BCUT2D eigenvalue weighted by Crippen LogP contribution is 2.27. The topological polar surface area (TPSA) is 82.1 Å². The van der Waals surface area contributed by atoms with Crippen molar-refractivity contribution in [2.24, 2.45) is 0 Å². The van der Waals surface area contributed by atoms with Gasteiger partial charge in [0.1, 0.15) is 6.07 Å². The maximum atomic E-state index is 10.1. The van der Waals surface area contributed by atoms with Gasteiger partial charge in [-0.3, -0.25) is 0 Å². The van der Waals surface area contributed by atoms with Gasteiger partial charge in [0.05, 0.1) is 22.4 Å². The van der Waals surface area contributed by atoms with Gasteiger partial charge in [0, 0.05) is 6.54 Å². The van der Waals surface area contributed by atoms with Crippen LogP contribution in [0.15, 0.2) is 12.1 Å². The molecule has 20 heavy (non-hydrogen) atoms. The van der Waals surface area contributed by atoms with Gasteiger partial charge in [-0.2, -0.15) is 5.26 Å². The van der Waals surface area contributed by atoms with Gasteiger partial charge in [0.15, 0.2) is 0 Å². The van der Waals surface area contributed by atoms with E-state index >= 15 is 0 Å². The Hall–Kier alpha value is -1.28. The molecule has 1 rings (SSSR count). The van der Waals surface area contributed by atoms with E-state index in [1.807, 2.05) is 6.07 Å². The molecule has 1 atom stereocenters. The van der Waals surface area contributed by atoms with Crippen molar-refractivity contribution in [3.8, 4) is 6.07 Å². The van der Waals surface area contributed by atoms with Crippen LogP contribution in [0.25, 0.3) is 0 Å². The number of nitrogens with one attached hydrogen (secondary N) is 1. The summed E-state index contributed by atoms with van der Waals surface area (Å²) < 4.78 is 0. The molecule has 0 aliphatic carbocycles. The number of benzene rings is 1. The molecule has 1 aromatic rings. The zero-order valence-corrected chi connectivity index (χ0v) is 12.6. The summed E-state index contributed by atoms with van der Waals surface area (Å²) in [6, 6.07) is 5.18. The molecule has 0 amide bonds. The van der Waals surface area contributed by atoms with Gasteiger partial charge in [-0.25, -0.2) is 0 Å². The van der Waals surface area contributed by atoms with Crippen molar-refractivity contribution in [3.05, 3.63) is 28.3 Å². The highest BCUT2D eigenvalue weighted by molar-refractivity contribution is 6.33. The SMILES string of the molecule is CCCCCCNCC(O)c1cc(Cl)c(N)c(C#N)c1. The Kier molecular flexibility index (Phi) is 7.38. The van der Waals surface area contributed by atoms with E-state index < -0.39 is 6.10 Å². The second-order valence-corrected chi connectivity index (χ2v) is 5.26. The lowest BCUT2D eigenvalue weighted by atomic mass is 10.0. The van der Waals surface area contributed by atoms with E-state index in [4.69, 9.17) is 22.6 Å². The molecule has 0 bridgehead atoms. The summed E-state index contributed by atoms with van der Waals surface area (Å²) in [7, 11) is 0. The van der Waals surface area contributed by atoms with Crippen molar-refractivity contribution in [2.75, 3.05) is 18.8 Å². The number of nitriles is 1. The van der Waals surface area contributed by atoms with Crippen LogP contribution in [-0.2, 0) is 0 Å². The summed E-state index contributed by atoms with van der Waals surface area (Å²) >= 11 is 5.95. The van der Waals surface area contributed by atoms with E-state index in [2.05, 4.69) is 12.2 Å². The molecule has 0 fully saturated rings. The number of rotatable bonds is 8. The number of nitrogens with zero attached hydrogens (tertiary/aromatic N) is 1. The number of anilines is 1. The zero-order chi connectivity index (χ0) is 15.0. The Balaban J connectivity index is 2.50. The maximum Gasteiger partial charge on any atom is 0.101 e. The van der Waals surface area contributed by atoms with Gasteiger partial charge in [0.25, 0.3) is 0 Å². The summed E-state index contributed by atoms with van der Waals surface area (Å²) in [5, 5.41) is 22.6. The van der Waals surface area contributed by atoms with Crippen LogP contribution in [-0.4, -0.2) is 18.2 Å². The first-order valence-corrected chi connectivity index (χ1v) is 7.35. The molecule has 0 saturated carbocycles. The van der Waals surface area contributed by atoms with Crippen molar-refractivity contribution < 1.29 is 5.11 Å². The van der Waals surface area contributed by atoms with E-state index in [9.17, 15) is 5.11 Å². The number of hydrogen-bond donors (Lipinski definition) is 3. The molecule has 1 unspecified atom stereocenters. The van der Waals surface area contributed by atoms with E-state index in [1.165, 1.54) is 19.3 Å². The molecule has 0 aliphatic rings. The van der Waals surface area contributed by atoms with Gasteiger partial charge >= 0.3 is 0 Å². The third kappa shape index (κ3) is 5.01. The first-order valence-electron chi connectivity index (χ1n) is 6.98. The van der Waals surface area contributed by atoms with Crippen LogP contribution in [0.4, 0.5) is 5.69 Å². The van der Waals surface area contributed by atoms with Crippen LogP contribution in [0.1, 0.15) is 49.8 Å². The Labute approximate surface area is 125 Å². The van der Waals surface area contributed by atoms with Crippen molar-refractivity contribution in [1.29, 1.82) is 5.26 Å². The van der Waals surface area contributed by atoms with E-state index in [-0.39, 0.29) is 5.69 Å². The van der Waals surface area contributed by atoms with Crippen molar-refractivity contribution in [1.82, 2.24) is 5.32 Å². The van der Waals surface area contributed by atoms with Crippen LogP contribution in [0.2, 0.25) is 5.02 Å². The fourth-order valence-corrected chi connectivity index (χ4v) is 2.18. The summed E-state index contributed by atoms with van der Waals surface area (Å²) in [6.45, 7) is 3.50. The summed E-state index contributed by atoms with van der Waals surface area (Å²) in [5.74, 6) is 0. The summed E-state index contributed by atoms with van der Waals surface area (Å²) in [5.41, 5.74) is 6.85. The summed E-state index contributed by atoms with van der Waals surface area (Å²) in [4.78, 5) is 0. The van der Waals surface area contributed by atoms with Crippen molar-refractivity contribution >= 4 is 17.3 Å². The second kappa shape index (κ2) is 8.80. The monoisotopic (exact) mass is 295 g/mol. The quantitative estimate of drug-likeness (QED) is 0.508. The lowest BCUT2D eigenvalue weighted by Gasteiger charge is -2.14. The van der Waals surface area contributed by atoms with Gasteiger partial charge in [-0.15, -0.1) is 0 Å². The number of hydrogen-bond acceptors (Lipinski definition) is 4. The fourth-order valence-electron chi connectivity index (χ4n) is 1.96. The normalized spacial score (nSPS) is 12.1. The Morgan fingerprint density at radius 1 is 1.40 bits per heavy atom. The molecule has 0 aliphatic heterocycles. The van der Waals surface area contributed by atoms with Crippen LogP contribution >= 0.6 is 11.6 Å². The molecule has 0 saturated heterocycles. The Morgan fingerprint density at radius 2 is 2.15 bits per heavy atom. The number of unbranched alkanes of at least 4 members (excludes halogenated alkanes) is 3. The molecule has 0 heterocycles. The number of halogens is 1. The predicted octanol–water partition coefficient (Wildman–Crippen LogP) is 3.00. The standard InChI is InChI=1S/C15H22ClN3O/c1-2-3-4-5-6-19-10-14(20)11-7-12(9-17)15(18)13(16)8-11/h7-8,14,19-20H,2-6,10,18H2,1H3. The maximum absolute atomic E-state index is 10.1. The number of aliphatic hydroxyl groups is 1. The highest BCUT2D eigenvalue weighted by atomic mass is 35.5. The first kappa shape index (κ1) is 16.8. The van der Waals surface area contributed by atoms with Crippen molar-refractivity contribution in [2.45, 2.75) is 38.7 Å². The average molecular weight is 296 g/mol. The van der Waals surface area contributed by atoms with Gasteiger partial charge in [0.2, 0.25) is 0 Å². The third-order valence-corrected chi connectivity index (χ3v) is 3.51. The molecule has 0 spiro atoms. The van der Waals surface area contributed by atoms with Gasteiger partial charge in [-0.05, 0) is 30.7 Å².